The molecule has 1 atom stereocenters. The van der Waals surface area contributed by atoms with E-state index in [-0.39, 0.29) is 11.1 Å². The molecule has 1 N–H and O–H groups in total. The first-order chi connectivity index (χ1) is 14.0. The van der Waals surface area contributed by atoms with Gasteiger partial charge in [0.1, 0.15) is 11.6 Å². The van der Waals surface area contributed by atoms with Gasteiger partial charge >= 0.3 is 12.0 Å². The van der Waals surface area contributed by atoms with Crippen molar-refractivity contribution in [2.75, 3.05) is 18.8 Å². The van der Waals surface area contributed by atoms with E-state index in [1.807, 2.05) is 30.3 Å². The Bertz CT molecular complexity index is 686. The second kappa shape index (κ2) is 12.6. The van der Waals surface area contributed by atoms with Crippen LogP contribution in [-0.4, -0.2) is 52.5 Å². The van der Waals surface area contributed by atoms with Gasteiger partial charge in [0.05, 0.1) is 0 Å². The van der Waals surface area contributed by atoms with Crippen molar-refractivity contribution >= 4 is 28.9 Å². The van der Waals surface area contributed by atoms with Crippen molar-refractivity contribution in [3.8, 4) is 0 Å². The summed E-state index contributed by atoms with van der Waals surface area (Å²) in [4.78, 5) is 38.7. The molecule has 7 heteroatoms. The SMILES string of the molecule is CC(=O)SCCN(CCC(C)C)C(=O)N[C@@H](Cc1ccccc1)C(=O)OC(C)(C)C. The first-order valence-corrected chi connectivity index (χ1v) is 11.4. The number of hydrogen-bond acceptors (Lipinski definition) is 5. The molecule has 0 unspecified atom stereocenters. The maximum atomic E-state index is 13.0. The number of esters is 1. The van der Waals surface area contributed by atoms with Crippen molar-refractivity contribution < 1.29 is 19.1 Å². The van der Waals surface area contributed by atoms with E-state index in [1.165, 1.54) is 18.7 Å². The summed E-state index contributed by atoms with van der Waals surface area (Å²) in [6.07, 6.45) is 1.19. The third-order valence-electron chi connectivity index (χ3n) is 4.20. The fraction of sp³-hybridized carbons (Fsp3) is 0.609. The summed E-state index contributed by atoms with van der Waals surface area (Å²) >= 11 is 1.19. The Morgan fingerprint density at radius 1 is 1.10 bits per heavy atom. The highest BCUT2D eigenvalue weighted by Gasteiger charge is 2.28. The number of amides is 2. The lowest BCUT2D eigenvalue weighted by Crippen LogP contribution is -2.51. The number of hydrogen-bond donors (Lipinski definition) is 1. The van der Waals surface area contributed by atoms with Gasteiger partial charge in [-0.1, -0.05) is 55.9 Å². The number of carbonyl (C=O) groups excluding carboxylic acids is 3. The molecular weight excluding hydrogens is 400 g/mol. The van der Waals surface area contributed by atoms with Crippen molar-refractivity contribution in [2.45, 2.75) is 66.0 Å². The number of nitrogens with zero attached hydrogens (tertiary/aromatic N) is 1. The Morgan fingerprint density at radius 3 is 2.27 bits per heavy atom. The fourth-order valence-electron chi connectivity index (χ4n) is 2.68. The minimum Gasteiger partial charge on any atom is -0.458 e. The predicted molar refractivity (Wildman–Crippen MR) is 122 cm³/mol. The van der Waals surface area contributed by atoms with E-state index >= 15 is 0 Å². The van der Waals surface area contributed by atoms with Gasteiger partial charge in [0, 0.05) is 32.2 Å². The molecule has 0 radical (unpaired) electrons. The van der Waals surface area contributed by atoms with Crippen LogP contribution in [0.3, 0.4) is 0 Å². The van der Waals surface area contributed by atoms with E-state index in [0.717, 1.165) is 12.0 Å². The summed E-state index contributed by atoms with van der Waals surface area (Å²) in [5.74, 6) is 0.504. The Kier molecular flexibility index (Phi) is 10.9. The molecule has 0 aliphatic carbocycles. The Labute approximate surface area is 185 Å². The van der Waals surface area contributed by atoms with Gasteiger partial charge in [-0.05, 0) is 38.7 Å². The average molecular weight is 437 g/mol. The monoisotopic (exact) mass is 436 g/mol. The van der Waals surface area contributed by atoms with Gasteiger partial charge in [-0.3, -0.25) is 4.79 Å². The summed E-state index contributed by atoms with van der Waals surface area (Å²) in [5.41, 5.74) is 0.293. The Hall–Kier alpha value is -2.02. The fourth-order valence-corrected chi connectivity index (χ4v) is 3.28. The number of nitrogens with one attached hydrogen (secondary N) is 1. The molecule has 0 saturated carbocycles. The lowest BCUT2D eigenvalue weighted by Gasteiger charge is -2.28. The number of urea groups is 1. The molecule has 0 fully saturated rings. The third kappa shape index (κ3) is 11.2. The maximum Gasteiger partial charge on any atom is 0.329 e. The molecule has 0 bridgehead atoms. The topological polar surface area (TPSA) is 75.7 Å². The number of benzene rings is 1. The molecule has 168 valence electrons. The maximum absolute atomic E-state index is 13.0. The molecule has 6 nitrogen and oxygen atoms in total. The lowest BCUT2D eigenvalue weighted by atomic mass is 10.1. The van der Waals surface area contributed by atoms with Crippen LogP contribution in [-0.2, 0) is 20.7 Å². The standard InChI is InChI=1S/C23H36N2O4S/c1-17(2)12-13-25(14-15-30-18(3)26)22(28)24-20(21(27)29-23(4,5)6)16-19-10-8-7-9-11-19/h7-11,17,20H,12-16H2,1-6H3,(H,24,28)/t20-/m0/s1. The van der Waals surface area contributed by atoms with Gasteiger partial charge in [0.25, 0.3) is 0 Å². The summed E-state index contributed by atoms with van der Waals surface area (Å²) in [6.45, 7) is 12.1. The van der Waals surface area contributed by atoms with Crippen LogP contribution in [0.5, 0.6) is 0 Å². The van der Waals surface area contributed by atoms with E-state index in [1.54, 1.807) is 25.7 Å². The van der Waals surface area contributed by atoms with Gasteiger partial charge in [-0.25, -0.2) is 9.59 Å². The lowest BCUT2D eigenvalue weighted by molar-refractivity contribution is -0.157. The van der Waals surface area contributed by atoms with Gasteiger partial charge in [-0.2, -0.15) is 0 Å². The second-order valence-electron chi connectivity index (χ2n) is 8.73. The molecule has 0 heterocycles. The first kappa shape index (κ1) is 26.0. The summed E-state index contributed by atoms with van der Waals surface area (Å²) < 4.78 is 5.54. The average Bonchev–Trinajstić information content (AvgIpc) is 2.62. The van der Waals surface area contributed by atoms with Crippen molar-refractivity contribution in [1.82, 2.24) is 10.2 Å². The zero-order valence-electron chi connectivity index (χ0n) is 19.1. The molecule has 0 aliphatic heterocycles. The normalized spacial score (nSPS) is 12.4. The smallest absolute Gasteiger partial charge is 0.329 e. The molecule has 1 aromatic rings. The van der Waals surface area contributed by atoms with Gasteiger partial charge < -0.3 is 15.0 Å². The molecule has 0 aliphatic rings. The van der Waals surface area contributed by atoms with Crippen LogP contribution < -0.4 is 5.32 Å². The minimum atomic E-state index is -0.791. The number of carbonyl (C=O) groups is 3. The quantitative estimate of drug-likeness (QED) is 0.554. The Morgan fingerprint density at radius 2 is 1.73 bits per heavy atom. The number of ether oxygens (including phenoxy) is 1. The van der Waals surface area contributed by atoms with Crippen LogP contribution in [0.15, 0.2) is 30.3 Å². The van der Waals surface area contributed by atoms with Gasteiger partial charge in [0.2, 0.25) is 0 Å². The molecule has 1 aromatic carbocycles. The summed E-state index contributed by atoms with van der Waals surface area (Å²) in [5, 5.41) is 2.89. The first-order valence-electron chi connectivity index (χ1n) is 10.4. The van der Waals surface area contributed by atoms with Crippen LogP contribution >= 0.6 is 11.8 Å². The van der Waals surface area contributed by atoms with Crippen LogP contribution in [0.25, 0.3) is 0 Å². The van der Waals surface area contributed by atoms with E-state index in [4.69, 9.17) is 4.74 Å². The molecule has 1 rings (SSSR count). The number of rotatable bonds is 10. The number of thioether (sulfide) groups is 1. The third-order valence-corrected chi connectivity index (χ3v) is 4.99. The summed E-state index contributed by atoms with van der Waals surface area (Å²) in [7, 11) is 0. The Balaban J connectivity index is 2.92. The van der Waals surface area contributed by atoms with Crippen molar-refractivity contribution in [1.29, 1.82) is 0 Å². The van der Waals surface area contributed by atoms with Crippen LogP contribution in [0.1, 0.15) is 53.5 Å². The van der Waals surface area contributed by atoms with E-state index in [2.05, 4.69) is 19.2 Å². The molecule has 30 heavy (non-hydrogen) atoms. The van der Waals surface area contributed by atoms with Crippen molar-refractivity contribution in [3.63, 3.8) is 0 Å². The largest absolute Gasteiger partial charge is 0.458 e. The van der Waals surface area contributed by atoms with E-state index in [9.17, 15) is 14.4 Å². The van der Waals surface area contributed by atoms with Gasteiger partial charge in [0.15, 0.2) is 5.12 Å². The van der Waals surface area contributed by atoms with E-state index in [0.29, 0.717) is 31.2 Å². The van der Waals surface area contributed by atoms with Crippen LogP contribution in [0.2, 0.25) is 0 Å². The highest BCUT2D eigenvalue weighted by atomic mass is 32.2. The van der Waals surface area contributed by atoms with Crippen LogP contribution in [0.4, 0.5) is 4.79 Å². The van der Waals surface area contributed by atoms with E-state index < -0.39 is 17.6 Å². The van der Waals surface area contributed by atoms with Crippen molar-refractivity contribution in [2.24, 2.45) is 5.92 Å². The highest BCUT2D eigenvalue weighted by Crippen LogP contribution is 2.13. The van der Waals surface area contributed by atoms with Crippen LogP contribution in [0, 0.1) is 5.92 Å². The second-order valence-corrected chi connectivity index (χ2v) is 10.0. The zero-order chi connectivity index (χ0) is 22.7. The molecule has 0 spiro atoms. The molecule has 0 saturated heterocycles. The van der Waals surface area contributed by atoms with Gasteiger partial charge in [-0.15, -0.1) is 0 Å². The minimum absolute atomic E-state index is 0.0231. The molecule has 0 aromatic heterocycles. The molecular formula is C23H36N2O4S. The zero-order valence-corrected chi connectivity index (χ0v) is 19.9. The summed E-state index contributed by atoms with van der Waals surface area (Å²) in [6, 6.07) is 8.44. The highest BCUT2D eigenvalue weighted by molar-refractivity contribution is 8.13. The van der Waals surface area contributed by atoms with Crippen molar-refractivity contribution in [3.05, 3.63) is 35.9 Å². The molecule has 2 amide bonds. The predicted octanol–water partition coefficient (Wildman–Crippen LogP) is 4.28.